The molecule has 2 rings (SSSR count). The highest BCUT2D eigenvalue weighted by atomic mass is 15.1. The van der Waals surface area contributed by atoms with Crippen LogP contribution in [0.4, 0.5) is 0 Å². The highest BCUT2D eigenvalue weighted by molar-refractivity contribution is 5.02. The highest BCUT2D eigenvalue weighted by Crippen LogP contribution is 2.27. The Balaban J connectivity index is 2.32. The SMILES string of the molecule is CC[C@@H]1CCCn2ccnc21. The summed E-state index contributed by atoms with van der Waals surface area (Å²) in [7, 11) is 0. The molecular weight excluding hydrogens is 136 g/mol. The molecule has 0 saturated heterocycles. The van der Waals surface area contributed by atoms with Gasteiger partial charge < -0.3 is 4.57 Å². The van der Waals surface area contributed by atoms with Crippen LogP contribution in [0.2, 0.25) is 0 Å². The molecule has 1 atom stereocenters. The number of hydrogen-bond acceptors (Lipinski definition) is 1. The Morgan fingerprint density at radius 1 is 1.73 bits per heavy atom. The van der Waals surface area contributed by atoms with Crippen LogP contribution >= 0.6 is 0 Å². The van der Waals surface area contributed by atoms with Crippen LogP contribution < -0.4 is 0 Å². The molecule has 0 amide bonds. The molecule has 1 aliphatic heterocycles. The predicted molar refractivity (Wildman–Crippen MR) is 44.5 cm³/mol. The summed E-state index contributed by atoms with van der Waals surface area (Å²) in [5.74, 6) is 2.03. The molecule has 2 heterocycles. The molecule has 0 bridgehead atoms. The first-order chi connectivity index (χ1) is 5.42. The fraction of sp³-hybridized carbons (Fsp3) is 0.667. The third-order valence-electron chi connectivity index (χ3n) is 2.56. The molecule has 0 aromatic carbocycles. The van der Waals surface area contributed by atoms with Crippen molar-refractivity contribution in [2.45, 2.75) is 38.6 Å². The largest absolute Gasteiger partial charge is 0.335 e. The fourth-order valence-corrected chi connectivity index (χ4v) is 1.89. The maximum absolute atomic E-state index is 4.37. The second-order valence-corrected chi connectivity index (χ2v) is 3.23. The molecule has 0 aliphatic carbocycles. The summed E-state index contributed by atoms with van der Waals surface area (Å²) in [5, 5.41) is 0. The van der Waals surface area contributed by atoms with E-state index in [0.717, 1.165) is 5.92 Å². The number of nitrogens with zero attached hydrogens (tertiary/aromatic N) is 2. The normalized spacial score (nSPS) is 23.2. The van der Waals surface area contributed by atoms with Crippen molar-refractivity contribution < 1.29 is 0 Å². The van der Waals surface area contributed by atoms with E-state index in [4.69, 9.17) is 0 Å². The lowest BCUT2D eigenvalue weighted by Crippen LogP contribution is -2.14. The van der Waals surface area contributed by atoms with Crippen molar-refractivity contribution in [3.63, 3.8) is 0 Å². The Hall–Kier alpha value is -0.790. The number of imidazole rings is 1. The van der Waals surface area contributed by atoms with Crippen molar-refractivity contribution in [3.8, 4) is 0 Å². The number of aromatic nitrogens is 2. The van der Waals surface area contributed by atoms with Gasteiger partial charge in [-0.3, -0.25) is 0 Å². The van der Waals surface area contributed by atoms with Crippen molar-refractivity contribution in [2.24, 2.45) is 0 Å². The second kappa shape index (κ2) is 2.68. The van der Waals surface area contributed by atoms with Crippen LogP contribution in [-0.2, 0) is 6.54 Å². The number of aryl methyl sites for hydroxylation is 1. The smallest absolute Gasteiger partial charge is 0.111 e. The van der Waals surface area contributed by atoms with Gasteiger partial charge in [0.1, 0.15) is 5.82 Å². The molecule has 0 saturated carbocycles. The van der Waals surface area contributed by atoms with Gasteiger partial charge in [0, 0.05) is 24.9 Å². The van der Waals surface area contributed by atoms with Crippen LogP contribution in [0.3, 0.4) is 0 Å². The minimum Gasteiger partial charge on any atom is -0.335 e. The van der Waals surface area contributed by atoms with E-state index in [9.17, 15) is 0 Å². The molecule has 1 aliphatic rings. The van der Waals surface area contributed by atoms with Crippen molar-refractivity contribution in [1.29, 1.82) is 0 Å². The quantitative estimate of drug-likeness (QED) is 0.600. The molecule has 11 heavy (non-hydrogen) atoms. The van der Waals surface area contributed by atoms with E-state index in [1.165, 1.54) is 31.6 Å². The van der Waals surface area contributed by atoms with Crippen LogP contribution in [0.1, 0.15) is 37.9 Å². The third kappa shape index (κ3) is 1.06. The van der Waals surface area contributed by atoms with Gasteiger partial charge in [0.25, 0.3) is 0 Å². The summed E-state index contributed by atoms with van der Waals surface area (Å²) < 4.78 is 2.29. The van der Waals surface area contributed by atoms with Gasteiger partial charge in [0.05, 0.1) is 0 Å². The number of rotatable bonds is 1. The van der Waals surface area contributed by atoms with Crippen LogP contribution in [0.15, 0.2) is 12.4 Å². The molecule has 2 nitrogen and oxygen atoms in total. The lowest BCUT2D eigenvalue weighted by molar-refractivity contribution is 0.435. The Morgan fingerprint density at radius 3 is 3.45 bits per heavy atom. The van der Waals surface area contributed by atoms with Gasteiger partial charge in [0.2, 0.25) is 0 Å². The van der Waals surface area contributed by atoms with E-state index >= 15 is 0 Å². The summed E-state index contributed by atoms with van der Waals surface area (Å²) in [6.07, 6.45) is 7.90. The zero-order valence-corrected chi connectivity index (χ0v) is 6.95. The van der Waals surface area contributed by atoms with Gasteiger partial charge >= 0.3 is 0 Å². The lowest BCUT2D eigenvalue weighted by Gasteiger charge is -2.21. The van der Waals surface area contributed by atoms with E-state index in [2.05, 4.69) is 22.7 Å². The summed E-state index contributed by atoms with van der Waals surface area (Å²) in [4.78, 5) is 4.37. The average molecular weight is 150 g/mol. The number of hydrogen-bond donors (Lipinski definition) is 0. The first-order valence-corrected chi connectivity index (χ1v) is 4.43. The van der Waals surface area contributed by atoms with Crippen LogP contribution in [0.25, 0.3) is 0 Å². The van der Waals surface area contributed by atoms with E-state index in [1.807, 2.05) is 6.20 Å². The molecule has 1 aromatic heterocycles. The Kier molecular flexibility index (Phi) is 1.68. The van der Waals surface area contributed by atoms with Crippen molar-refractivity contribution in [2.75, 3.05) is 0 Å². The highest BCUT2D eigenvalue weighted by Gasteiger charge is 2.18. The molecule has 0 N–H and O–H groups in total. The predicted octanol–water partition coefficient (Wildman–Crippen LogP) is 2.17. The Bertz CT molecular complexity index is 239. The molecule has 0 fully saturated rings. The van der Waals surface area contributed by atoms with E-state index in [1.54, 1.807) is 0 Å². The third-order valence-corrected chi connectivity index (χ3v) is 2.56. The Morgan fingerprint density at radius 2 is 2.64 bits per heavy atom. The van der Waals surface area contributed by atoms with E-state index in [0.29, 0.717) is 0 Å². The summed E-state index contributed by atoms with van der Waals surface area (Å²) in [6.45, 7) is 3.42. The van der Waals surface area contributed by atoms with E-state index in [-0.39, 0.29) is 0 Å². The summed E-state index contributed by atoms with van der Waals surface area (Å²) in [6, 6.07) is 0. The van der Waals surface area contributed by atoms with Gasteiger partial charge in [-0.25, -0.2) is 4.98 Å². The maximum atomic E-state index is 4.37. The molecule has 0 radical (unpaired) electrons. The van der Waals surface area contributed by atoms with Crippen molar-refractivity contribution in [3.05, 3.63) is 18.2 Å². The molecule has 0 unspecified atom stereocenters. The molecule has 1 aromatic rings. The maximum Gasteiger partial charge on any atom is 0.111 e. The fourth-order valence-electron chi connectivity index (χ4n) is 1.89. The van der Waals surface area contributed by atoms with Gasteiger partial charge in [-0.05, 0) is 19.3 Å². The van der Waals surface area contributed by atoms with Crippen LogP contribution in [0.5, 0.6) is 0 Å². The standard InChI is InChI=1S/C9H14N2/c1-2-8-4-3-6-11-7-5-10-9(8)11/h5,7-8H,2-4,6H2,1H3/t8-/m1/s1. The summed E-state index contributed by atoms with van der Waals surface area (Å²) >= 11 is 0. The topological polar surface area (TPSA) is 17.8 Å². The minimum atomic E-state index is 0.721. The zero-order valence-electron chi connectivity index (χ0n) is 6.95. The monoisotopic (exact) mass is 150 g/mol. The average Bonchev–Trinajstić information content (AvgIpc) is 2.50. The van der Waals surface area contributed by atoms with Crippen LogP contribution in [0, 0.1) is 0 Å². The first-order valence-electron chi connectivity index (χ1n) is 4.43. The molecule has 0 spiro atoms. The van der Waals surface area contributed by atoms with Crippen molar-refractivity contribution >= 4 is 0 Å². The van der Waals surface area contributed by atoms with Gasteiger partial charge in [-0.15, -0.1) is 0 Å². The zero-order chi connectivity index (χ0) is 7.68. The summed E-state index contributed by atoms with van der Waals surface area (Å²) in [5.41, 5.74) is 0. The van der Waals surface area contributed by atoms with Gasteiger partial charge in [-0.2, -0.15) is 0 Å². The molecule has 2 heteroatoms. The molecular formula is C9H14N2. The first kappa shape index (κ1) is 6.89. The second-order valence-electron chi connectivity index (χ2n) is 3.23. The Labute approximate surface area is 67.3 Å². The lowest BCUT2D eigenvalue weighted by atomic mass is 9.96. The van der Waals surface area contributed by atoms with Crippen molar-refractivity contribution in [1.82, 2.24) is 9.55 Å². The minimum absolute atomic E-state index is 0.721. The van der Waals surface area contributed by atoms with Gasteiger partial charge in [-0.1, -0.05) is 6.92 Å². The molecule has 60 valence electrons. The number of fused-ring (bicyclic) bond motifs is 1. The van der Waals surface area contributed by atoms with Gasteiger partial charge in [0.15, 0.2) is 0 Å². The van der Waals surface area contributed by atoms with E-state index < -0.39 is 0 Å². The van der Waals surface area contributed by atoms with Crippen LogP contribution in [-0.4, -0.2) is 9.55 Å².